The van der Waals surface area contributed by atoms with E-state index in [1.54, 1.807) is 11.3 Å². The first-order chi connectivity index (χ1) is 12.2. The Morgan fingerprint density at radius 2 is 2.04 bits per heavy atom. The van der Waals surface area contributed by atoms with Crippen LogP contribution in [0.25, 0.3) is 0 Å². The lowest BCUT2D eigenvalue weighted by molar-refractivity contribution is 0.311. The first kappa shape index (κ1) is 22.7. The third-order valence-corrected chi connectivity index (χ3v) is 4.54. The fourth-order valence-electron chi connectivity index (χ4n) is 2.30. The minimum Gasteiger partial charge on any atom is -0.493 e. The fourth-order valence-corrected chi connectivity index (χ4v) is 3.09. The third kappa shape index (κ3) is 8.35. The number of aliphatic imine (C=N–C) groups is 1. The van der Waals surface area contributed by atoms with Crippen molar-refractivity contribution in [1.29, 1.82) is 0 Å². The van der Waals surface area contributed by atoms with Crippen molar-refractivity contribution in [2.45, 2.75) is 33.6 Å². The van der Waals surface area contributed by atoms with Crippen LogP contribution >= 0.6 is 35.3 Å². The summed E-state index contributed by atoms with van der Waals surface area (Å²) in [7, 11) is 0. The molecule has 0 spiro atoms. The smallest absolute Gasteiger partial charge is 0.191 e. The van der Waals surface area contributed by atoms with Crippen molar-refractivity contribution >= 4 is 41.3 Å². The SMILES string of the molecule is CCNC(=NCCCOc1ccccc1C)NCCc1ncc(C)s1.I. The molecule has 1 aromatic carbocycles. The Labute approximate surface area is 177 Å². The second-order valence-corrected chi connectivity index (χ2v) is 7.09. The summed E-state index contributed by atoms with van der Waals surface area (Å²) < 4.78 is 5.80. The van der Waals surface area contributed by atoms with Crippen LogP contribution in [0, 0.1) is 13.8 Å². The summed E-state index contributed by atoms with van der Waals surface area (Å²) in [5.41, 5.74) is 1.17. The van der Waals surface area contributed by atoms with Crippen LogP contribution in [0.1, 0.15) is 28.8 Å². The lowest BCUT2D eigenvalue weighted by atomic mass is 10.2. The number of hydrogen-bond donors (Lipinski definition) is 2. The van der Waals surface area contributed by atoms with Crippen molar-refractivity contribution in [3.63, 3.8) is 0 Å². The number of halogens is 1. The number of nitrogens with zero attached hydrogens (tertiary/aromatic N) is 2. The number of aryl methyl sites for hydroxylation is 2. The molecule has 0 aliphatic carbocycles. The van der Waals surface area contributed by atoms with Gasteiger partial charge in [-0.1, -0.05) is 18.2 Å². The fraction of sp³-hybridized carbons (Fsp3) is 0.474. The Bertz CT molecular complexity index is 675. The average Bonchev–Trinajstić information content (AvgIpc) is 3.01. The molecule has 0 unspecified atom stereocenters. The molecule has 0 saturated heterocycles. The van der Waals surface area contributed by atoms with E-state index in [0.29, 0.717) is 6.61 Å². The summed E-state index contributed by atoms with van der Waals surface area (Å²) in [6.45, 7) is 9.30. The number of benzene rings is 1. The van der Waals surface area contributed by atoms with Gasteiger partial charge < -0.3 is 15.4 Å². The van der Waals surface area contributed by atoms with Crippen molar-refractivity contribution in [3.05, 3.63) is 45.9 Å². The Morgan fingerprint density at radius 1 is 1.23 bits per heavy atom. The molecule has 1 heterocycles. The molecule has 5 nitrogen and oxygen atoms in total. The molecule has 0 aliphatic heterocycles. The van der Waals surface area contributed by atoms with Gasteiger partial charge in [0.25, 0.3) is 0 Å². The zero-order chi connectivity index (χ0) is 17.9. The largest absolute Gasteiger partial charge is 0.493 e. The first-order valence-electron chi connectivity index (χ1n) is 8.81. The van der Waals surface area contributed by atoms with E-state index in [1.807, 2.05) is 24.4 Å². The molecule has 0 amide bonds. The zero-order valence-corrected chi connectivity index (χ0v) is 18.9. The van der Waals surface area contributed by atoms with Gasteiger partial charge in [0, 0.05) is 43.5 Å². The van der Waals surface area contributed by atoms with Crippen LogP contribution in [0.2, 0.25) is 0 Å². The Morgan fingerprint density at radius 3 is 2.73 bits per heavy atom. The van der Waals surface area contributed by atoms with E-state index in [9.17, 15) is 0 Å². The lowest BCUT2D eigenvalue weighted by Crippen LogP contribution is -2.38. The van der Waals surface area contributed by atoms with E-state index >= 15 is 0 Å². The van der Waals surface area contributed by atoms with Crippen molar-refractivity contribution in [3.8, 4) is 5.75 Å². The zero-order valence-electron chi connectivity index (χ0n) is 15.7. The molecule has 0 radical (unpaired) electrons. The van der Waals surface area contributed by atoms with Crippen LogP contribution in [0.4, 0.5) is 0 Å². The van der Waals surface area contributed by atoms with Gasteiger partial charge in [0.05, 0.1) is 11.6 Å². The summed E-state index contributed by atoms with van der Waals surface area (Å²) >= 11 is 1.75. The van der Waals surface area contributed by atoms with E-state index in [1.165, 1.54) is 10.4 Å². The predicted molar refractivity (Wildman–Crippen MR) is 121 cm³/mol. The van der Waals surface area contributed by atoms with Crippen LogP contribution < -0.4 is 15.4 Å². The summed E-state index contributed by atoms with van der Waals surface area (Å²) in [5.74, 6) is 1.81. The van der Waals surface area contributed by atoms with Gasteiger partial charge in [-0.25, -0.2) is 4.98 Å². The molecule has 26 heavy (non-hydrogen) atoms. The molecule has 144 valence electrons. The highest BCUT2D eigenvalue weighted by atomic mass is 127. The minimum atomic E-state index is 0. The highest BCUT2D eigenvalue weighted by Gasteiger charge is 2.01. The molecule has 0 saturated carbocycles. The Kier molecular flexibility index (Phi) is 11.3. The molecule has 2 rings (SSSR count). The first-order valence-corrected chi connectivity index (χ1v) is 9.62. The van der Waals surface area contributed by atoms with Gasteiger partial charge in [-0.2, -0.15) is 0 Å². The van der Waals surface area contributed by atoms with Gasteiger partial charge in [-0.15, -0.1) is 35.3 Å². The monoisotopic (exact) mass is 488 g/mol. The number of nitrogens with one attached hydrogen (secondary N) is 2. The molecule has 0 bridgehead atoms. The van der Waals surface area contributed by atoms with E-state index < -0.39 is 0 Å². The normalized spacial score (nSPS) is 11.0. The molecular formula is C19H29IN4OS. The summed E-state index contributed by atoms with van der Waals surface area (Å²) in [4.78, 5) is 10.2. The maximum absolute atomic E-state index is 5.80. The standard InChI is InChI=1S/C19H28N4OS.HI/c1-4-20-19(22-12-10-18-23-14-16(3)25-18)21-11-7-13-24-17-9-6-5-8-15(17)2;/h5-6,8-9,14H,4,7,10-13H2,1-3H3,(H2,20,21,22);1H. The molecule has 0 atom stereocenters. The molecule has 2 aromatic rings. The topological polar surface area (TPSA) is 58.5 Å². The number of para-hydroxylation sites is 1. The van der Waals surface area contributed by atoms with Gasteiger partial charge in [-0.3, -0.25) is 4.99 Å². The van der Waals surface area contributed by atoms with Gasteiger partial charge in [-0.05, 0) is 32.4 Å². The summed E-state index contributed by atoms with van der Waals surface area (Å²) in [5, 5.41) is 7.79. The van der Waals surface area contributed by atoms with E-state index in [0.717, 1.165) is 49.2 Å². The van der Waals surface area contributed by atoms with Crippen LogP contribution in [-0.2, 0) is 6.42 Å². The highest BCUT2D eigenvalue weighted by molar-refractivity contribution is 14.0. The van der Waals surface area contributed by atoms with Gasteiger partial charge in [0.1, 0.15) is 5.75 Å². The molecule has 0 aliphatic rings. The quantitative estimate of drug-likeness (QED) is 0.243. The van der Waals surface area contributed by atoms with Crippen LogP contribution in [0.5, 0.6) is 5.75 Å². The minimum absolute atomic E-state index is 0. The Hall–Kier alpha value is -1.35. The number of thiazole rings is 1. The third-order valence-electron chi connectivity index (χ3n) is 3.57. The van der Waals surface area contributed by atoms with Crippen molar-refractivity contribution in [1.82, 2.24) is 15.6 Å². The predicted octanol–water partition coefficient (Wildman–Crippen LogP) is 3.94. The number of hydrogen-bond acceptors (Lipinski definition) is 4. The van der Waals surface area contributed by atoms with Gasteiger partial charge in [0.15, 0.2) is 5.96 Å². The van der Waals surface area contributed by atoms with E-state index in [4.69, 9.17) is 4.74 Å². The van der Waals surface area contributed by atoms with Crippen LogP contribution in [0.3, 0.4) is 0 Å². The van der Waals surface area contributed by atoms with Crippen LogP contribution in [0.15, 0.2) is 35.5 Å². The molecule has 2 N–H and O–H groups in total. The van der Waals surface area contributed by atoms with Gasteiger partial charge in [0.2, 0.25) is 0 Å². The molecule has 0 fully saturated rings. The Balaban J connectivity index is 0.00000338. The van der Waals surface area contributed by atoms with Crippen molar-refractivity contribution in [2.75, 3.05) is 26.2 Å². The molecule has 7 heteroatoms. The van der Waals surface area contributed by atoms with Crippen molar-refractivity contribution < 1.29 is 4.74 Å². The average molecular weight is 488 g/mol. The van der Waals surface area contributed by atoms with E-state index in [-0.39, 0.29) is 24.0 Å². The number of aromatic nitrogens is 1. The maximum Gasteiger partial charge on any atom is 0.191 e. The second kappa shape index (κ2) is 12.9. The molecular weight excluding hydrogens is 459 g/mol. The van der Waals surface area contributed by atoms with E-state index in [2.05, 4.69) is 47.4 Å². The second-order valence-electron chi connectivity index (χ2n) is 5.77. The number of guanidine groups is 1. The number of rotatable bonds is 9. The lowest BCUT2D eigenvalue weighted by Gasteiger charge is -2.11. The maximum atomic E-state index is 5.80. The highest BCUT2D eigenvalue weighted by Crippen LogP contribution is 2.16. The van der Waals surface area contributed by atoms with Crippen LogP contribution in [-0.4, -0.2) is 37.2 Å². The number of ether oxygens (including phenoxy) is 1. The molecule has 1 aromatic heterocycles. The summed E-state index contributed by atoms with van der Waals surface area (Å²) in [6.07, 6.45) is 3.73. The summed E-state index contributed by atoms with van der Waals surface area (Å²) in [6, 6.07) is 8.08. The van der Waals surface area contributed by atoms with Gasteiger partial charge >= 0.3 is 0 Å². The van der Waals surface area contributed by atoms with Crippen molar-refractivity contribution in [2.24, 2.45) is 4.99 Å².